The number of para-hydroxylation sites is 1. The summed E-state index contributed by atoms with van der Waals surface area (Å²) in [6.45, 7) is 8.40. The molecule has 1 N–H and O–H groups in total. The summed E-state index contributed by atoms with van der Waals surface area (Å²) in [5.74, 6) is 1.45. The van der Waals surface area contributed by atoms with Crippen molar-refractivity contribution < 1.29 is 9.32 Å². The molecule has 2 aromatic carbocycles. The van der Waals surface area contributed by atoms with Gasteiger partial charge in [-0.1, -0.05) is 68.4 Å². The van der Waals surface area contributed by atoms with Crippen LogP contribution >= 0.6 is 0 Å². The Hall–Kier alpha value is -2.95. The van der Waals surface area contributed by atoms with Crippen LogP contribution < -0.4 is 5.32 Å². The maximum absolute atomic E-state index is 12.4. The molecule has 0 unspecified atom stereocenters. The number of amides is 1. The Kier molecular flexibility index (Phi) is 6.24. The molecule has 0 saturated heterocycles. The van der Waals surface area contributed by atoms with Crippen LogP contribution in [0.1, 0.15) is 55.7 Å². The Morgan fingerprint density at radius 1 is 1.14 bits per heavy atom. The molecule has 146 valence electrons. The first-order valence-electron chi connectivity index (χ1n) is 9.79. The predicted octanol–water partition coefficient (Wildman–Crippen LogP) is 5.30. The second-order valence-corrected chi connectivity index (χ2v) is 7.30. The maximum Gasteiger partial charge on any atom is 0.227 e. The zero-order valence-electron chi connectivity index (χ0n) is 17.0. The van der Waals surface area contributed by atoms with Crippen molar-refractivity contribution in [2.24, 2.45) is 0 Å². The average Bonchev–Trinajstić information content (AvgIpc) is 3.17. The molecule has 5 nitrogen and oxygen atoms in total. The van der Waals surface area contributed by atoms with Gasteiger partial charge in [-0.2, -0.15) is 4.98 Å². The highest BCUT2D eigenvalue weighted by Gasteiger charge is 2.13. The van der Waals surface area contributed by atoms with Gasteiger partial charge in [0, 0.05) is 24.1 Å². The van der Waals surface area contributed by atoms with Crippen LogP contribution in [0.3, 0.4) is 0 Å². The van der Waals surface area contributed by atoms with Crippen LogP contribution in [0.25, 0.3) is 11.4 Å². The predicted molar refractivity (Wildman–Crippen MR) is 111 cm³/mol. The summed E-state index contributed by atoms with van der Waals surface area (Å²) >= 11 is 0. The third kappa shape index (κ3) is 4.66. The Balaban J connectivity index is 1.61. The lowest BCUT2D eigenvalue weighted by Crippen LogP contribution is -2.14. The summed E-state index contributed by atoms with van der Waals surface area (Å²) < 4.78 is 5.32. The van der Waals surface area contributed by atoms with Gasteiger partial charge in [-0.05, 0) is 36.0 Å². The summed E-state index contributed by atoms with van der Waals surface area (Å²) in [6, 6.07) is 14.2. The van der Waals surface area contributed by atoms with Crippen LogP contribution in [-0.4, -0.2) is 16.0 Å². The molecule has 0 spiro atoms. The van der Waals surface area contributed by atoms with E-state index in [2.05, 4.69) is 48.4 Å². The fraction of sp³-hybridized carbons (Fsp3) is 0.348. The first kappa shape index (κ1) is 19.8. The van der Waals surface area contributed by atoms with E-state index in [-0.39, 0.29) is 5.91 Å². The lowest BCUT2D eigenvalue weighted by Gasteiger charge is -2.12. The fourth-order valence-corrected chi connectivity index (χ4v) is 3.12. The SMILES string of the molecule is CCc1cccc(C)c1NC(=O)CCc1nc(-c2ccc(C(C)C)cc2)no1. The monoisotopic (exact) mass is 377 g/mol. The van der Waals surface area contributed by atoms with Gasteiger partial charge in [-0.15, -0.1) is 0 Å². The van der Waals surface area contributed by atoms with Gasteiger partial charge in [-0.3, -0.25) is 4.79 Å². The lowest BCUT2D eigenvalue weighted by atomic mass is 10.0. The molecule has 0 aliphatic rings. The number of anilines is 1. The van der Waals surface area contributed by atoms with E-state index in [9.17, 15) is 4.79 Å². The molecule has 1 amide bonds. The highest BCUT2D eigenvalue weighted by Crippen LogP contribution is 2.22. The number of aromatic nitrogens is 2. The van der Waals surface area contributed by atoms with Crippen molar-refractivity contribution in [1.82, 2.24) is 10.1 Å². The zero-order valence-corrected chi connectivity index (χ0v) is 17.0. The minimum absolute atomic E-state index is 0.0509. The topological polar surface area (TPSA) is 68.0 Å². The number of hydrogen-bond donors (Lipinski definition) is 1. The molecule has 0 aliphatic heterocycles. The molecular formula is C23H27N3O2. The van der Waals surface area contributed by atoms with E-state index in [4.69, 9.17) is 4.52 Å². The van der Waals surface area contributed by atoms with Crippen molar-refractivity contribution in [3.05, 3.63) is 65.0 Å². The van der Waals surface area contributed by atoms with Gasteiger partial charge in [0.25, 0.3) is 0 Å². The van der Waals surface area contributed by atoms with Gasteiger partial charge in [0.1, 0.15) is 0 Å². The second kappa shape index (κ2) is 8.83. The standard InChI is InChI=1S/C23H27N3O2/c1-5-17-8-6-7-16(4)22(17)24-20(27)13-14-21-25-23(26-28-21)19-11-9-18(10-12-19)15(2)3/h6-12,15H,5,13-14H2,1-4H3,(H,24,27). The van der Waals surface area contributed by atoms with Crippen LogP contribution in [0.2, 0.25) is 0 Å². The molecule has 1 heterocycles. The lowest BCUT2D eigenvalue weighted by molar-refractivity contribution is -0.116. The molecule has 3 rings (SSSR count). The molecule has 5 heteroatoms. The molecule has 28 heavy (non-hydrogen) atoms. The smallest absolute Gasteiger partial charge is 0.227 e. The summed E-state index contributed by atoms with van der Waals surface area (Å²) in [6.07, 6.45) is 1.58. The van der Waals surface area contributed by atoms with Crippen molar-refractivity contribution in [2.75, 3.05) is 5.32 Å². The van der Waals surface area contributed by atoms with Crippen LogP contribution in [-0.2, 0) is 17.6 Å². The number of carbonyl (C=O) groups excluding carboxylic acids is 1. The van der Waals surface area contributed by atoms with Crippen molar-refractivity contribution in [3.8, 4) is 11.4 Å². The molecule has 0 saturated carbocycles. The molecule has 0 bridgehead atoms. The maximum atomic E-state index is 12.4. The van der Waals surface area contributed by atoms with Crippen LogP contribution in [0.4, 0.5) is 5.69 Å². The first-order chi connectivity index (χ1) is 13.5. The van der Waals surface area contributed by atoms with E-state index in [1.54, 1.807) is 0 Å². The number of hydrogen-bond acceptors (Lipinski definition) is 4. The molecule has 1 aromatic heterocycles. The molecule has 0 fully saturated rings. The van der Waals surface area contributed by atoms with E-state index in [0.29, 0.717) is 30.5 Å². The molecule has 0 aliphatic carbocycles. The minimum atomic E-state index is -0.0509. The number of aryl methyl sites for hydroxylation is 3. The third-order valence-corrected chi connectivity index (χ3v) is 4.87. The summed E-state index contributed by atoms with van der Waals surface area (Å²) in [4.78, 5) is 16.8. The van der Waals surface area contributed by atoms with E-state index in [1.165, 1.54) is 5.56 Å². The van der Waals surface area contributed by atoms with Crippen molar-refractivity contribution in [3.63, 3.8) is 0 Å². The number of nitrogens with one attached hydrogen (secondary N) is 1. The Morgan fingerprint density at radius 2 is 1.89 bits per heavy atom. The normalized spacial score (nSPS) is 11.0. The first-order valence-corrected chi connectivity index (χ1v) is 9.79. The van der Waals surface area contributed by atoms with Gasteiger partial charge >= 0.3 is 0 Å². The van der Waals surface area contributed by atoms with Crippen molar-refractivity contribution in [2.45, 2.75) is 52.9 Å². The highest BCUT2D eigenvalue weighted by molar-refractivity contribution is 5.92. The fourth-order valence-electron chi connectivity index (χ4n) is 3.12. The van der Waals surface area contributed by atoms with Crippen molar-refractivity contribution in [1.29, 1.82) is 0 Å². The van der Waals surface area contributed by atoms with Gasteiger partial charge in [-0.25, -0.2) is 0 Å². The summed E-state index contributed by atoms with van der Waals surface area (Å²) in [5.41, 5.74) is 5.30. The number of benzene rings is 2. The Bertz CT molecular complexity index is 943. The molecule has 0 radical (unpaired) electrons. The van der Waals surface area contributed by atoms with Gasteiger partial charge in [0.2, 0.25) is 17.6 Å². The average molecular weight is 377 g/mol. The van der Waals surface area contributed by atoms with E-state index < -0.39 is 0 Å². The van der Waals surface area contributed by atoms with Crippen LogP contribution in [0.5, 0.6) is 0 Å². The van der Waals surface area contributed by atoms with Crippen molar-refractivity contribution >= 4 is 11.6 Å². The molecular weight excluding hydrogens is 350 g/mol. The van der Waals surface area contributed by atoms with Gasteiger partial charge < -0.3 is 9.84 Å². The largest absolute Gasteiger partial charge is 0.339 e. The zero-order chi connectivity index (χ0) is 20.1. The van der Waals surface area contributed by atoms with Gasteiger partial charge in [0.15, 0.2) is 0 Å². The summed E-state index contributed by atoms with van der Waals surface area (Å²) in [5, 5.41) is 7.07. The quantitative estimate of drug-likeness (QED) is 0.606. The Labute approximate surface area is 166 Å². The van der Waals surface area contributed by atoms with Crippen LogP contribution in [0, 0.1) is 6.92 Å². The molecule has 3 aromatic rings. The number of rotatable bonds is 7. The van der Waals surface area contributed by atoms with E-state index in [0.717, 1.165) is 28.8 Å². The summed E-state index contributed by atoms with van der Waals surface area (Å²) in [7, 11) is 0. The van der Waals surface area contributed by atoms with Crippen LogP contribution in [0.15, 0.2) is 47.0 Å². The molecule has 0 atom stereocenters. The van der Waals surface area contributed by atoms with E-state index >= 15 is 0 Å². The minimum Gasteiger partial charge on any atom is -0.339 e. The third-order valence-electron chi connectivity index (χ3n) is 4.87. The Morgan fingerprint density at radius 3 is 2.57 bits per heavy atom. The second-order valence-electron chi connectivity index (χ2n) is 7.30. The highest BCUT2D eigenvalue weighted by atomic mass is 16.5. The van der Waals surface area contributed by atoms with Gasteiger partial charge in [0.05, 0.1) is 0 Å². The van der Waals surface area contributed by atoms with E-state index in [1.807, 2.05) is 37.3 Å². The number of carbonyl (C=O) groups is 1. The number of nitrogens with zero attached hydrogens (tertiary/aromatic N) is 2.